The Hall–Kier alpha value is -0.790. The highest BCUT2D eigenvalue weighted by molar-refractivity contribution is 8.02. The minimum atomic E-state index is -0.254. The molecule has 0 atom stereocenters. The van der Waals surface area contributed by atoms with Crippen LogP contribution in [0.3, 0.4) is 0 Å². The van der Waals surface area contributed by atoms with Crippen LogP contribution < -0.4 is 4.74 Å². The summed E-state index contributed by atoms with van der Waals surface area (Å²) in [7, 11) is 0. The first-order valence-electron chi connectivity index (χ1n) is 5.16. The Morgan fingerprint density at radius 1 is 1.22 bits per heavy atom. The van der Waals surface area contributed by atoms with Crippen molar-refractivity contribution < 1.29 is 9.13 Å². The average molecular weight is 302 g/mol. The third-order valence-electron chi connectivity index (χ3n) is 1.95. The fourth-order valence-electron chi connectivity index (χ4n) is 1.16. The summed E-state index contributed by atoms with van der Waals surface area (Å²) < 4.78 is 20.1. The monoisotopic (exact) mass is 302 g/mol. The minimum Gasteiger partial charge on any atom is -0.493 e. The first-order valence-corrected chi connectivity index (χ1v) is 8.19. The second-order valence-electron chi connectivity index (χ2n) is 3.19. The minimum absolute atomic E-state index is 0.254. The summed E-state index contributed by atoms with van der Waals surface area (Å²) in [4.78, 5) is 0. The van der Waals surface area contributed by atoms with Gasteiger partial charge in [0.2, 0.25) is 0 Å². The Balaban J connectivity index is 1.71. The van der Waals surface area contributed by atoms with Crippen molar-refractivity contribution in [1.29, 1.82) is 0 Å². The van der Waals surface area contributed by atoms with Crippen LogP contribution in [0.2, 0.25) is 0 Å². The maximum atomic E-state index is 12.7. The number of nitrogens with zero attached hydrogens (tertiary/aromatic N) is 2. The van der Waals surface area contributed by atoms with Gasteiger partial charge in [-0.2, -0.15) is 0 Å². The maximum Gasteiger partial charge on any atom is 0.175 e. The van der Waals surface area contributed by atoms with E-state index in [1.165, 1.54) is 12.1 Å². The van der Waals surface area contributed by atoms with E-state index in [9.17, 15) is 4.39 Å². The lowest BCUT2D eigenvalue weighted by atomic mass is 10.3. The highest BCUT2D eigenvalue weighted by Crippen LogP contribution is 2.27. The quantitative estimate of drug-likeness (QED) is 0.602. The molecular weight excluding hydrogens is 291 g/mol. The van der Waals surface area contributed by atoms with Gasteiger partial charge >= 0.3 is 0 Å². The highest BCUT2D eigenvalue weighted by atomic mass is 32.2. The van der Waals surface area contributed by atoms with E-state index in [2.05, 4.69) is 10.2 Å². The summed E-state index contributed by atoms with van der Waals surface area (Å²) in [5, 5.41) is 8.06. The Bertz CT molecular complexity index is 489. The van der Waals surface area contributed by atoms with E-state index >= 15 is 0 Å². The van der Waals surface area contributed by atoms with Gasteiger partial charge in [-0.1, -0.05) is 34.9 Å². The zero-order valence-electron chi connectivity index (χ0n) is 9.63. The molecule has 0 unspecified atom stereocenters. The number of hydrogen-bond donors (Lipinski definition) is 0. The SMILES string of the molecule is CSc1nnc(SCCOc2ccc(F)cc2)s1. The molecule has 2 aromatic rings. The average Bonchev–Trinajstić information content (AvgIpc) is 2.85. The molecule has 0 saturated carbocycles. The normalized spacial score (nSPS) is 10.6. The van der Waals surface area contributed by atoms with Gasteiger partial charge < -0.3 is 4.74 Å². The molecule has 0 aliphatic carbocycles. The third-order valence-corrected chi connectivity index (χ3v) is 4.95. The van der Waals surface area contributed by atoms with Crippen LogP contribution in [0.5, 0.6) is 5.75 Å². The first-order chi connectivity index (χ1) is 8.78. The fourth-order valence-corrected chi connectivity index (χ4v) is 3.48. The van der Waals surface area contributed by atoms with Gasteiger partial charge in [0.15, 0.2) is 8.68 Å². The molecule has 0 aliphatic heterocycles. The zero-order chi connectivity index (χ0) is 12.8. The molecule has 1 aromatic heterocycles. The van der Waals surface area contributed by atoms with Crippen LogP contribution in [0.15, 0.2) is 32.9 Å². The summed E-state index contributed by atoms with van der Waals surface area (Å²) in [5.41, 5.74) is 0. The predicted molar refractivity (Wildman–Crippen MR) is 74.3 cm³/mol. The van der Waals surface area contributed by atoms with E-state index in [4.69, 9.17) is 4.74 Å². The molecule has 0 saturated heterocycles. The van der Waals surface area contributed by atoms with Crippen LogP contribution in [0, 0.1) is 5.82 Å². The van der Waals surface area contributed by atoms with Crippen molar-refractivity contribution in [2.75, 3.05) is 18.6 Å². The Morgan fingerprint density at radius 3 is 2.61 bits per heavy atom. The summed E-state index contributed by atoms with van der Waals surface area (Å²) in [6.07, 6.45) is 1.98. The standard InChI is InChI=1S/C11H11FN2OS3/c1-16-10-13-14-11(18-10)17-7-6-15-9-4-2-8(12)3-5-9/h2-5H,6-7H2,1H3. The molecule has 0 radical (unpaired) electrons. The van der Waals surface area contributed by atoms with Crippen molar-refractivity contribution in [3.63, 3.8) is 0 Å². The zero-order valence-corrected chi connectivity index (χ0v) is 12.1. The van der Waals surface area contributed by atoms with Gasteiger partial charge in [0, 0.05) is 5.75 Å². The fraction of sp³-hybridized carbons (Fsp3) is 0.273. The lowest BCUT2D eigenvalue weighted by Crippen LogP contribution is -1.99. The van der Waals surface area contributed by atoms with E-state index in [1.807, 2.05) is 6.26 Å². The molecule has 0 fully saturated rings. The summed E-state index contributed by atoms with van der Waals surface area (Å²) in [6, 6.07) is 6.02. The van der Waals surface area contributed by atoms with Crippen molar-refractivity contribution in [2.45, 2.75) is 8.68 Å². The number of hydrogen-bond acceptors (Lipinski definition) is 6. The Kier molecular flexibility index (Phi) is 5.27. The number of aromatic nitrogens is 2. The highest BCUT2D eigenvalue weighted by Gasteiger charge is 2.03. The van der Waals surface area contributed by atoms with Crippen molar-refractivity contribution in [2.24, 2.45) is 0 Å². The van der Waals surface area contributed by atoms with E-state index < -0.39 is 0 Å². The molecule has 0 aliphatic rings. The third kappa shape index (κ3) is 4.15. The van der Waals surface area contributed by atoms with E-state index in [-0.39, 0.29) is 5.82 Å². The van der Waals surface area contributed by atoms with Gasteiger partial charge in [0.05, 0.1) is 6.61 Å². The summed E-state index contributed by atoms with van der Waals surface area (Å²) >= 11 is 4.78. The van der Waals surface area contributed by atoms with Crippen LogP contribution in [0.4, 0.5) is 4.39 Å². The van der Waals surface area contributed by atoms with Crippen LogP contribution >= 0.6 is 34.9 Å². The number of halogens is 1. The second kappa shape index (κ2) is 6.96. The molecule has 0 bridgehead atoms. The predicted octanol–water partition coefficient (Wildman–Crippen LogP) is 3.57. The van der Waals surface area contributed by atoms with E-state index in [1.54, 1.807) is 47.0 Å². The molecule has 0 amide bonds. The largest absolute Gasteiger partial charge is 0.493 e. The molecular formula is C11H11FN2OS3. The van der Waals surface area contributed by atoms with Crippen LogP contribution in [-0.4, -0.2) is 28.8 Å². The molecule has 0 spiro atoms. The van der Waals surface area contributed by atoms with Crippen LogP contribution in [0.25, 0.3) is 0 Å². The van der Waals surface area contributed by atoms with Gasteiger partial charge in [0.1, 0.15) is 11.6 Å². The lowest BCUT2D eigenvalue weighted by Gasteiger charge is -2.04. The van der Waals surface area contributed by atoms with Crippen molar-refractivity contribution >= 4 is 34.9 Å². The summed E-state index contributed by atoms with van der Waals surface area (Å²) in [6.45, 7) is 0.560. The Morgan fingerprint density at radius 2 is 1.94 bits per heavy atom. The number of benzene rings is 1. The van der Waals surface area contributed by atoms with Gasteiger partial charge in [-0.15, -0.1) is 10.2 Å². The first kappa shape index (κ1) is 13.6. The van der Waals surface area contributed by atoms with Gasteiger partial charge in [-0.05, 0) is 30.5 Å². The number of thioether (sulfide) groups is 2. The smallest absolute Gasteiger partial charge is 0.175 e. The molecule has 96 valence electrons. The lowest BCUT2D eigenvalue weighted by molar-refractivity contribution is 0.343. The second-order valence-corrected chi connectivity index (χ2v) is 6.56. The van der Waals surface area contributed by atoms with E-state index in [0.29, 0.717) is 12.4 Å². The molecule has 1 heterocycles. The van der Waals surface area contributed by atoms with Gasteiger partial charge in [-0.25, -0.2) is 4.39 Å². The molecule has 7 heteroatoms. The molecule has 0 N–H and O–H groups in total. The maximum absolute atomic E-state index is 12.7. The topological polar surface area (TPSA) is 35.0 Å². The van der Waals surface area contributed by atoms with Crippen molar-refractivity contribution in [3.05, 3.63) is 30.1 Å². The molecule has 18 heavy (non-hydrogen) atoms. The molecule has 2 rings (SSSR count). The molecule has 3 nitrogen and oxygen atoms in total. The van der Waals surface area contributed by atoms with E-state index in [0.717, 1.165) is 14.4 Å². The van der Waals surface area contributed by atoms with Crippen LogP contribution in [0.1, 0.15) is 0 Å². The van der Waals surface area contributed by atoms with Crippen LogP contribution in [-0.2, 0) is 0 Å². The number of ether oxygens (including phenoxy) is 1. The van der Waals surface area contributed by atoms with Crippen molar-refractivity contribution in [3.8, 4) is 5.75 Å². The summed E-state index contributed by atoms with van der Waals surface area (Å²) in [5.74, 6) is 1.22. The van der Waals surface area contributed by atoms with Gasteiger partial charge in [0.25, 0.3) is 0 Å². The van der Waals surface area contributed by atoms with Gasteiger partial charge in [-0.3, -0.25) is 0 Å². The Labute approximate surface area is 117 Å². The number of rotatable bonds is 6. The van der Waals surface area contributed by atoms with Crippen molar-refractivity contribution in [1.82, 2.24) is 10.2 Å². The molecule has 1 aromatic carbocycles.